The highest BCUT2D eigenvalue weighted by molar-refractivity contribution is 7.90. The Hall–Kier alpha value is -2.88. The predicted octanol–water partition coefficient (Wildman–Crippen LogP) is 5.47. The molecule has 2 aromatic rings. The molecule has 1 unspecified atom stereocenters. The van der Waals surface area contributed by atoms with Gasteiger partial charge in [-0.2, -0.15) is 0 Å². The zero-order chi connectivity index (χ0) is 31.3. The van der Waals surface area contributed by atoms with Gasteiger partial charge in [0, 0.05) is 42.1 Å². The summed E-state index contributed by atoms with van der Waals surface area (Å²) in [6, 6.07) is 11.3. The number of ether oxygens (including phenoxy) is 2. The summed E-state index contributed by atoms with van der Waals surface area (Å²) in [7, 11) is -2.41. The molecule has 2 bridgehead atoms. The third-order valence-electron chi connectivity index (χ3n) is 10.7. The van der Waals surface area contributed by atoms with Crippen molar-refractivity contribution in [2.24, 2.45) is 17.8 Å². The molecule has 8 nitrogen and oxygen atoms in total. The van der Waals surface area contributed by atoms with E-state index in [1.165, 1.54) is 11.1 Å². The SMILES string of the molecule is COC1(C=O)/C=C/C[C@H](C)[C@@H](C)S(=O)(=O)NC(=O)c2ccc3c(c2)N(C[C@@H]2CC[C@H]21)C[C@@]1(CCCc2cc(Cl)ccc21)CO3. The maximum absolute atomic E-state index is 13.4. The summed E-state index contributed by atoms with van der Waals surface area (Å²) in [5.41, 5.74) is 2.05. The van der Waals surface area contributed by atoms with Crippen LogP contribution in [0.15, 0.2) is 48.6 Å². The third-order valence-corrected chi connectivity index (χ3v) is 12.8. The van der Waals surface area contributed by atoms with E-state index in [9.17, 15) is 18.0 Å². The summed E-state index contributed by atoms with van der Waals surface area (Å²) in [6.45, 7) is 5.17. The molecule has 10 heteroatoms. The maximum Gasteiger partial charge on any atom is 0.264 e. The molecule has 2 aromatic carbocycles. The summed E-state index contributed by atoms with van der Waals surface area (Å²) < 4.78 is 41.3. The molecular weight excluding hydrogens is 600 g/mol. The Balaban J connectivity index is 1.46. The highest BCUT2D eigenvalue weighted by Gasteiger charge is 2.49. The maximum atomic E-state index is 13.4. The molecule has 1 N–H and O–H groups in total. The van der Waals surface area contributed by atoms with E-state index in [-0.39, 0.29) is 28.7 Å². The minimum absolute atomic E-state index is 0.0434. The van der Waals surface area contributed by atoms with Gasteiger partial charge in [-0.15, -0.1) is 0 Å². The molecule has 4 aliphatic rings. The van der Waals surface area contributed by atoms with Gasteiger partial charge in [0.05, 0.1) is 17.5 Å². The second-order valence-electron chi connectivity index (χ2n) is 13.2. The van der Waals surface area contributed by atoms with E-state index in [1.807, 2.05) is 25.1 Å². The number of amides is 1. The molecule has 236 valence electrons. The second-order valence-corrected chi connectivity index (χ2v) is 15.7. The lowest BCUT2D eigenvalue weighted by atomic mass is 9.64. The van der Waals surface area contributed by atoms with Gasteiger partial charge in [-0.1, -0.05) is 30.7 Å². The number of anilines is 1. The lowest BCUT2D eigenvalue weighted by Crippen LogP contribution is -2.53. The van der Waals surface area contributed by atoms with Crippen LogP contribution in [0.5, 0.6) is 5.75 Å². The van der Waals surface area contributed by atoms with Gasteiger partial charge >= 0.3 is 0 Å². The van der Waals surface area contributed by atoms with Crippen molar-refractivity contribution < 1.29 is 27.5 Å². The molecule has 1 fully saturated rings. The summed E-state index contributed by atoms with van der Waals surface area (Å²) in [4.78, 5) is 28.4. The van der Waals surface area contributed by atoms with Crippen molar-refractivity contribution in [3.8, 4) is 5.75 Å². The van der Waals surface area contributed by atoms with Crippen LogP contribution in [0.4, 0.5) is 5.69 Å². The first-order valence-corrected chi connectivity index (χ1v) is 17.5. The lowest BCUT2D eigenvalue weighted by molar-refractivity contribution is -0.135. The van der Waals surface area contributed by atoms with Gasteiger partial charge in [-0.25, -0.2) is 13.1 Å². The number of nitrogens with one attached hydrogen (secondary N) is 1. The van der Waals surface area contributed by atoms with E-state index < -0.39 is 26.8 Å². The summed E-state index contributed by atoms with van der Waals surface area (Å²) in [6.07, 6.45) is 9.65. The zero-order valence-electron chi connectivity index (χ0n) is 25.6. The number of hydrogen-bond acceptors (Lipinski definition) is 7. The molecule has 1 amide bonds. The van der Waals surface area contributed by atoms with E-state index in [1.54, 1.807) is 32.2 Å². The lowest BCUT2D eigenvalue weighted by Gasteiger charge is -2.48. The molecule has 1 saturated carbocycles. The predicted molar refractivity (Wildman–Crippen MR) is 171 cm³/mol. The monoisotopic (exact) mass is 640 g/mol. The minimum atomic E-state index is -3.97. The number of halogens is 1. The topological polar surface area (TPSA) is 102 Å². The number of methoxy groups -OCH3 is 1. The van der Waals surface area contributed by atoms with Crippen molar-refractivity contribution >= 4 is 39.5 Å². The smallest absolute Gasteiger partial charge is 0.264 e. The fraction of sp³-hybridized carbons (Fsp3) is 0.529. The normalized spacial score (nSPS) is 33.9. The number of nitrogens with zero attached hydrogens (tertiary/aromatic N) is 1. The van der Waals surface area contributed by atoms with Gasteiger partial charge in [-0.05, 0) is 105 Å². The van der Waals surface area contributed by atoms with Crippen LogP contribution >= 0.6 is 11.6 Å². The summed E-state index contributed by atoms with van der Waals surface area (Å²) in [5.74, 6) is -0.203. The summed E-state index contributed by atoms with van der Waals surface area (Å²) >= 11 is 6.40. The molecule has 2 heterocycles. The largest absolute Gasteiger partial charge is 0.490 e. The molecule has 0 aromatic heterocycles. The van der Waals surface area contributed by atoms with Crippen LogP contribution in [0.2, 0.25) is 5.02 Å². The number of fused-ring (bicyclic) bond motifs is 4. The first kappa shape index (κ1) is 31.1. The second kappa shape index (κ2) is 11.8. The van der Waals surface area contributed by atoms with Gasteiger partial charge in [0.15, 0.2) is 6.29 Å². The standard InChI is InChI=1S/C34H41ClN2O6S/c1-22-6-4-15-34(20-38,42-3)29-11-8-26(29)18-37-19-33(14-5-7-24-16-27(35)10-12-28(24)33)21-43-31-13-9-25(17-30(31)37)32(39)36-44(40,41)23(22)2/h4,9-10,12-13,15-17,20,22-23,26,29H,5-8,11,14,18-19,21H2,1-3H3,(H,36,39)/b15-4+/t22-,23+,26-,29+,33-,34?/m0/s1. The molecule has 2 aliphatic carbocycles. The third kappa shape index (κ3) is 5.45. The molecule has 0 saturated heterocycles. The van der Waals surface area contributed by atoms with Crippen molar-refractivity contribution in [2.45, 2.75) is 68.6 Å². The number of benzene rings is 2. The van der Waals surface area contributed by atoms with Crippen LogP contribution in [0.1, 0.15) is 67.4 Å². The number of carbonyl (C=O) groups is 2. The fourth-order valence-electron chi connectivity index (χ4n) is 7.68. The van der Waals surface area contributed by atoms with Gasteiger partial charge < -0.3 is 14.4 Å². The van der Waals surface area contributed by atoms with E-state index in [2.05, 4.69) is 21.8 Å². The van der Waals surface area contributed by atoms with Gasteiger partial charge in [-0.3, -0.25) is 9.59 Å². The molecular formula is C34H41ClN2O6S. The molecule has 0 radical (unpaired) electrons. The van der Waals surface area contributed by atoms with Crippen LogP contribution in [-0.2, 0) is 31.4 Å². The fourth-order valence-corrected chi connectivity index (χ4v) is 9.16. The molecule has 44 heavy (non-hydrogen) atoms. The summed E-state index contributed by atoms with van der Waals surface area (Å²) in [5, 5.41) is -0.123. The van der Waals surface area contributed by atoms with E-state index in [0.717, 1.165) is 44.1 Å². The van der Waals surface area contributed by atoms with Crippen LogP contribution in [0.3, 0.4) is 0 Å². The van der Waals surface area contributed by atoms with Crippen LogP contribution in [0, 0.1) is 17.8 Å². The number of hydrogen-bond donors (Lipinski definition) is 1. The van der Waals surface area contributed by atoms with Crippen LogP contribution < -0.4 is 14.4 Å². The number of allylic oxidation sites excluding steroid dienone is 1. The number of sulfonamides is 1. The first-order valence-electron chi connectivity index (χ1n) is 15.6. The van der Waals surface area contributed by atoms with Crippen molar-refractivity contribution in [1.29, 1.82) is 0 Å². The molecule has 2 aliphatic heterocycles. The molecule has 1 spiro atoms. The number of rotatable bonds is 2. The first-order chi connectivity index (χ1) is 21.0. The quantitative estimate of drug-likeness (QED) is 0.343. The van der Waals surface area contributed by atoms with Gasteiger partial charge in [0.25, 0.3) is 5.91 Å². The molecule has 6 rings (SSSR count). The highest BCUT2D eigenvalue weighted by atomic mass is 35.5. The van der Waals surface area contributed by atoms with E-state index >= 15 is 0 Å². The van der Waals surface area contributed by atoms with Crippen molar-refractivity contribution in [3.63, 3.8) is 0 Å². The van der Waals surface area contributed by atoms with Gasteiger partial charge in [0.1, 0.15) is 11.4 Å². The van der Waals surface area contributed by atoms with Crippen molar-refractivity contribution in [3.05, 3.63) is 70.3 Å². The Morgan fingerprint density at radius 2 is 1.98 bits per heavy atom. The Morgan fingerprint density at radius 3 is 2.70 bits per heavy atom. The number of aryl methyl sites for hydroxylation is 1. The average molecular weight is 641 g/mol. The number of carbonyl (C=O) groups excluding carboxylic acids is 2. The van der Waals surface area contributed by atoms with Crippen molar-refractivity contribution in [1.82, 2.24) is 4.72 Å². The minimum Gasteiger partial charge on any atom is -0.490 e. The van der Waals surface area contributed by atoms with Gasteiger partial charge in [0.2, 0.25) is 10.0 Å². The Kier molecular flexibility index (Phi) is 8.35. The van der Waals surface area contributed by atoms with Crippen LogP contribution in [0.25, 0.3) is 0 Å². The van der Waals surface area contributed by atoms with E-state index in [0.29, 0.717) is 36.9 Å². The van der Waals surface area contributed by atoms with Crippen molar-refractivity contribution in [2.75, 3.05) is 31.7 Å². The van der Waals surface area contributed by atoms with Crippen LogP contribution in [-0.4, -0.2) is 58.3 Å². The number of aldehydes is 1. The Labute approximate surface area is 265 Å². The average Bonchev–Trinajstić information content (AvgIpc) is 3.14. The Morgan fingerprint density at radius 1 is 1.16 bits per heavy atom. The van der Waals surface area contributed by atoms with E-state index in [4.69, 9.17) is 21.1 Å². The molecule has 6 atom stereocenters. The highest BCUT2D eigenvalue weighted by Crippen LogP contribution is 2.48. The Bertz CT molecular complexity index is 1590. The zero-order valence-corrected chi connectivity index (χ0v) is 27.1.